The summed E-state index contributed by atoms with van der Waals surface area (Å²) in [5, 5.41) is 47.6. The van der Waals surface area contributed by atoms with Gasteiger partial charge in [0.25, 0.3) is 5.88 Å². The summed E-state index contributed by atoms with van der Waals surface area (Å²) in [6.45, 7) is 15.0. The Labute approximate surface area is 440 Å². The minimum Gasteiger partial charge on any atom is -0.505 e. The first kappa shape index (κ1) is 51.8. The van der Waals surface area contributed by atoms with E-state index in [2.05, 4.69) is 51.6 Å². The van der Waals surface area contributed by atoms with Crippen LogP contribution in [0.3, 0.4) is 0 Å². The van der Waals surface area contributed by atoms with Crippen LogP contribution in [-0.4, -0.2) is 148 Å². The number of phenolic OH excluding ortho intramolecular Hbond substituents is 1. The van der Waals surface area contributed by atoms with Crippen molar-refractivity contribution >= 4 is 39.5 Å². The molecular formula is C51H61FN14O7S2. The van der Waals surface area contributed by atoms with E-state index in [1.165, 1.54) is 32.3 Å². The van der Waals surface area contributed by atoms with E-state index in [0.717, 1.165) is 75.3 Å². The minimum atomic E-state index is -1.02. The molecule has 24 heteroatoms. The lowest BCUT2D eigenvalue weighted by Crippen LogP contribution is -2.49. The summed E-state index contributed by atoms with van der Waals surface area (Å²) in [6, 6.07) is 4.69. The van der Waals surface area contributed by atoms with Crippen molar-refractivity contribution in [1.82, 2.24) is 60.1 Å². The molecule has 2 aliphatic heterocycles. The number of halogens is 1. The van der Waals surface area contributed by atoms with Crippen LogP contribution in [0.25, 0.3) is 22.0 Å². The van der Waals surface area contributed by atoms with Gasteiger partial charge in [-0.05, 0) is 70.9 Å². The molecule has 3 fully saturated rings. The summed E-state index contributed by atoms with van der Waals surface area (Å²) in [7, 11) is 0. The molecule has 1 saturated carbocycles. The number of piperazine rings is 1. The fourth-order valence-electron chi connectivity index (χ4n) is 10.8. The number of amides is 2. The number of fused-ring (bicyclic) bond motifs is 1. The number of phenols is 1. The molecule has 21 nitrogen and oxygen atoms in total. The number of aromatic hydroxyl groups is 1. The smallest absolute Gasteiger partial charge is 0.317 e. The number of carbonyl (C=O) groups is 2. The summed E-state index contributed by atoms with van der Waals surface area (Å²) in [5.74, 6) is -1.60. The predicted molar refractivity (Wildman–Crippen MR) is 274 cm³/mol. The number of nitrogens with two attached hydrogens (primary N) is 1. The van der Waals surface area contributed by atoms with Crippen molar-refractivity contribution in [2.45, 2.75) is 103 Å². The van der Waals surface area contributed by atoms with E-state index in [-0.39, 0.29) is 47.3 Å². The van der Waals surface area contributed by atoms with E-state index in [0.29, 0.717) is 58.3 Å². The lowest BCUT2D eigenvalue weighted by atomic mass is 9.72. The normalized spacial score (nSPS) is 21.4. The maximum absolute atomic E-state index is 15.4. The summed E-state index contributed by atoms with van der Waals surface area (Å²) in [5.41, 5.74) is 10.1. The number of nitrogen functional groups attached to an aromatic ring is 1. The zero-order chi connectivity index (χ0) is 52.8. The first-order valence-corrected chi connectivity index (χ1v) is 27.1. The fraction of sp³-hybridized carbons (Fsp3) is 0.529. The topological polar surface area (TPSA) is 273 Å². The van der Waals surface area contributed by atoms with Crippen LogP contribution in [0.5, 0.6) is 17.6 Å². The van der Waals surface area contributed by atoms with Gasteiger partial charge in [-0.1, -0.05) is 35.4 Å². The number of nitriles is 1. The number of nitrogens with one attached hydrogen (secondary N) is 1. The summed E-state index contributed by atoms with van der Waals surface area (Å²) >= 11 is 2.72. The Hall–Kier alpha value is -6.65. The van der Waals surface area contributed by atoms with Crippen LogP contribution in [0.15, 0.2) is 40.6 Å². The van der Waals surface area contributed by atoms with Gasteiger partial charge in [0.05, 0.1) is 52.0 Å². The Morgan fingerprint density at radius 2 is 1.88 bits per heavy atom. The van der Waals surface area contributed by atoms with Crippen molar-refractivity contribution in [1.29, 1.82) is 5.26 Å². The van der Waals surface area contributed by atoms with E-state index in [4.69, 9.17) is 24.7 Å². The Morgan fingerprint density at radius 1 is 1.09 bits per heavy atom. The number of aryl methyl sites for hydroxylation is 2. The summed E-state index contributed by atoms with van der Waals surface area (Å²) in [4.78, 5) is 53.8. The van der Waals surface area contributed by atoms with Gasteiger partial charge < -0.3 is 45.1 Å². The average Bonchev–Trinajstić information content (AvgIpc) is 4.04. The van der Waals surface area contributed by atoms with E-state index in [1.54, 1.807) is 50.0 Å². The van der Waals surface area contributed by atoms with E-state index >= 15 is 4.39 Å². The van der Waals surface area contributed by atoms with Crippen molar-refractivity contribution in [3.8, 4) is 45.7 Å². The highest BCUT2D eigenvalue weighted by Gasteiger charge is 2.47. The van der Waals surface area contributed by atoms with E-state index in [1.807, 2.05) is 20.8 Å². The molecule has 5 N–H and O–H groups in total. The monoisotopic (exact) mass is 1060 g/mol. The van der Waals surface area contributed by atoms with Gasteiger partial charge >= 0.3 is 6.01 Å². The Balaban J connectivity index is 0.679. The number of anilines is 1. The number of β-amino-alcohol motifs (C(OH)–C–C–N with tert-alkyl or cyclic N) is 1. The molecular weight excluding hydrogens is 1000 g/mol. The molecule has 7 heterocycles. The Morgan fingerprint density at radius 3 is 2.61 bits per heavy atom. The third kappa shape index (κ3) is 10.5. The van der Waals surface area contributed by atoms with Crippen LogP contribution in [0.4, 0.5) is 9.39 Å². The molecule has 6 aromatic rings. The number of aromatic nitrogens is 8. The molecule has 5 aromatic heterocycles. The van der Waals surface area contributed by atoms with Gasteiger partial charge in [0.2, 0.25) is 23.5 Å². The van der Waals surface area contributed by atoms with Crippen LogP contribution in [0, 0.1) is 35.4 Å². The highest BCUT2D eigenvalue weighted by Crippen LogP contribution is 2.49. The maximum atomic E-state index is 15.4. The van der Waals surface area contributed by atoms with Crippen molar-refractivity contribution in [3.63, 3.8) is 0 Å². The zero-order valence-corrected chi connectivity index (χ0v) is 44.2. The number of nitrogens with zero attached hydrogens (tertiary/aromatic N) is 12. The number of aliphatic hydroxyl groups is 1. The lowest BCUT2D eigenvalue weighted by Gasteiger charge is -2.36. The molecule has 2 aliphatic carbocycles. The number of hydrogen-bond acceptors (Lipinski definition) is 20. The Kier molecular flexibility index (Phi) is 14.6. The molecule has 0 spiro atoms. The van der Waals surface area contributed by atoms with E-state index in [9.17, 15) is 25.1 Å². The second kappa shape index (κ2) is 21.2. The van der Waals surface area contributed by atoms with Crippen molar-refractivity contribution in [2.24, 2.45) is 11.3 Å². The van der Waals surface area contributed by atoms with Gasteiger partial charge in [-0.25, -0.2) is 19.0 Å². The maximum Gasteiger partial charge on any atom is 0.317 e. The molecule has 0 bridgehead atoms. The third-order valence-electron chi connectivity index (χ3n) is 15.1. The van der Waals surface area contributed by atoms with Crippen LogP contribution in [0.2, 0.25) is 0 Å². The molecule has 0 unspecified atom stereocenters. The molecule has 0 radical (unpaired) electrons. The summed E-state index contributed by atoms with van der Waals surface area (Å²) < 4.78 is 35.0. The van der Waals surface area contributed by atoms with Crippen LogP contribution in [-0.2, 0) is 21.4 Å². The van der Waals surface area contributed by atoms with Gasteiger partial charge in [-0.3, -0.25) is 14.5 Å². The number of hydrogen-bond donors (Lipinski definition) is 4. The van der Waals surface area contributed by atoms with Crippen LogP contribution in [0.1, 0.15) is 105 Å². The van der Waals surface area contributed by atoms with Crippen molar-refractivity contribution in [2.75, 3.05) is 64.8 Å². The lowest BCUT2D eigenvalue weighted by molar-refractivity contribution is -0.142. The number of ether oxygens (including phenoxy) is 2. The second-order valence-corrected chi connectivity index (χ2v) is 22.8. The number of carbonyl (C=O) groups excluding carboxylic acids is 2. The molecule has 75 heavy (non-hydrogen) atoms. The Bertz CT molecular complexity index is 3100. The second-order valence-electron chi connectivity index (χ2n) is 20.8. The van der Waals surface area contributed by atoms with Crippen molar-refractivity contribution < 1.29 is 38.2 Å². The van der Waals surface area contributed by atoms with Gasteiger partial charge in [0, 0.05) is 85.4 Å². The van der Waals surface area contributed by atoms with Crippen molar-refractivity contribution in [3.05, 3.63) is 75.1 Å². The number of rotatable bonds is 18. The number of thiazole rings is 1. The third-order valence-corrected chi connectivity index (χ3v) is 17.2. The SMILES string of the molecule is Cc1ncsc1-c1ccc([C@H](C)NC(=O)[C@@H]2C[C@@H](O)CN2C(=O)[C@H](C(C)C)n2cc(OCCN3CCN(CC4(COc5nccc(-c6noc([C@@]7(C)CCCc8sc(N)c(C#N)c87)n6)n5)CC4)CC3)nn2)c(O)c1F. The quantitative estimate of drug-likeness (QED) is 0.0834. The van der Waals surface area contributed by atoms with Gasteiger partial charge in [-0.2, -0.15) is 15.2 Å². The van der Waals surface area contributed by atoms with E-state index < -0.39 is 53.0 Å². The molecule has 2 saturated heterocycles. The molecule has 2 amide bonds. The molecule has 1 aromatic carbocycles. The molecule has 396 valence electrons. The predicted octanol–water partition coefficient (Wildman–Crippen LogP) is 5.44. The average molecular weight is 1070 g/mol. The molecule has 10 rings (SSSR count). The van der Waals surface area contributed by atoms with Crippen LogP contribution >= 0.6 is 22.7 Å². The summed E-state index contributed by atoms with van der Waals surface area (Å²) in [6.07, 6.45) is 6.91. The molecule has 4 aliphatic rings. The minimum absolute atomic E-state index is 0.00696. The fourth-order valence-corrected chi connectivity index (χ4v) is 12.8. The van der Waals surface area contributed by atoms with Crippen LogP contribution < -0.4 is 20.5 Å². The number of benzene rings is 1. The highest BCUT2D eigenvalue weighted by molar-refractivity contribution is 7.16. The number of aliphatic hydroxyl groups excluding tert-OH is 1. The first-order valence-electron chi connectivity index (χ1n) is 25.4. The first-order chi connectivity index (χ1) is 36.0. The van der Waals surface area contributed by atoms with Gasteiger partial charge in [-0.15, -0.1) is 22.7 Å². The van der Waals surface area contributed by atoms with Gasteiger partial charge in [0.15, 0.2) is 11.6 Å². The van der Waals surface area contributed by atoms with Gasteiger partial charge in [0.1, 0.15) is 35.5 Å². The zero-order valence-electron chi connectivity index (χ0n) is 42.5. The standard InChI is InChI=1S/C51H61FN14O7S2/c1-28(2)41(47(70)65-23-31(67)21-36(65)46(69)57-29(3)32-8-9-33(40(52)42(32)68)43-30(4)56-27-74-43)66-24-38(60-62-66)71-20-19-63-15-17-64(18-16-63)25-51(12-13-51)26-72-49-55-14-10-35(58-49)45-59-48(73-61-45)50(5)11-6-7-37-39(50)34(22-53)44(54)75-37/h8-10,14,24,27-29,31,36,41,67-68H,6-7,11-13,15-21,23,25-26,54H2,1-5H3,(H,57,69)/t29-,31+,36-,41-,50-/m0/s1. The number of thiophene rings is 1. The number of likely N-dealkylation sites (tertiary alicyclic amines) is 1. The molecule has 5 atom stereocenters. The largest absolute Gasteiger partial charge is 0.505 e. The highest BCUT2D eigenvalue weighted by atomic mass is 32.1.